The molecule has 0 bridgehead atoms. The van der Waals surface area contributed by atoms with E-state index in [1.165, 1.54) is 0 Å². The summed E-state index contributed by atoms with van der Waals surface area (Å²) >= 11 is 0. The van der Waals surface area contributed by atoms with Gasteiger partial charge in [0.15, 0.2) is 0 Å². The molecule has 1 aromatic carbocycles. The molecule has 5 heteroatoms. The van der Waals surface area contributed by atoms with Gasteiger partial charge in [-0.15, -0.1) is 0 Å². The first kappa shape index (κ1) is 17.5. The van der Waals surface area contributed by atoms with Crippen LogP contribution in [0.25, 0.3) is 0 Å². The topological polar surface area (TPSA) is 61.4 Å². The fourth-order valence-electron chi connectivity index (χ4n) is 3.38. The smallest absolute Gasteiger partial charge is 0.315 e. The van der Waals surface area contributed by atoms with E-state index in [1.54, 1.807) is 0 Å². The molecular formula is C20H27N3O2. The second-order valence-electron chi connectivity index (χ2n) is 6.95. The number of likely N-dealkylation sites (tertiary alicyclic amines) is 1. The van der Waals surface area contributed by atoms with Gasteiger partial charge >= 0.3 is 6.03 Å². The summed E-state index contributed by atoms with van der Waals surface area (Å²) in [5.74, 6) is 0.805. The highest BCUT2D eigenvalue weighted by Gasteiger charge is 2.19. The highest BCUT2D eigenvalue weighted by molar-refractivity contribution is 5.78. The van der Waals surface area contributed by atoms with Gasteiger partial charge in [0.1, 0.15) is 0 Å². The van der Waals surface area contributed by atoms with Crippen LogP contribution in [0.2, 0.25) is 0 Å². The van der Waals surface area contributed by atoms with Crippen molar-refractivity contribution in [1.29, 1.82) is 0 Å². The lowest BCUT2D eigenvalue weighted by atomic mass is 9.94. The monoisotopic (exact) mass is 341 g/mol. The number of nitrogens with one attached hydrogen (secondary N) is 2. The van der Waals surface area contributed by atoms with Gasteiger partial charge in [0.25, 0.3) is 0 Å². The van der Waals surface area contributed by atoms with Crippen molar-refractivity contribution in [2.75, 3.05) is 13.1 Å². The van der Waals surface area contributed by atoms with Gasteiger partial charge in [-0.25, -0.2) is 4.79 Å². The number of hydrogen-bond donors (Lipinski definition) is 2. The number of carbonyl (C=O) groups is 2. The third kappa shape index (κ3) is 5.34. The van der Waals surface area contributed by atoms with Crippen LogP contribution in [0.4, 0.5) is 4.79 Å². The lowest BCUT2D eigenvalue weighted by molar-refractivity contribution is -0.128. The lowest BCUT2D eigenvalue weighted by Crippen LogP contribution is -2.38. The Hall–Kier alpha value is -2.30. The van der Waals surface area contributed by atoms with E-state index < -0.39 is 0 Å². The van der Waals surface area contributed by atoms with Crippen LogP contribution in [0.15, 0.2) is 36.4 Å². The Morgan fingerprint density at radius 2 is 1.92 bits per heavy atom. The van der Waals surface area contributed by atoms with Crippen LogP contribution >= 0.6 is 0 Å². The molecule has 2 aliphatic rings. The van der Waals surface area contributed by atoms with Gasteiger partial charge < -0.3 is 15.5 Å². The van der Waals surface area contributed by atoms with E-state index >= 15 is 0 Å². The lowest BCUT2D eigenvalue weighted by Gasteiger charge is -2.18. The predicted molar refractivity (Wildman–Crippen MR) is 97.8 cm³/mol. The van der Waals surface area contributed by atoms with Crippen molar-refractivity contribution < 1.29 is 9.59 Å². The Kier molecular flexibility index (Phi) is 6.09. The number of hydrogen-bond acceptors (Lipinski definition) is 2. The summed E-state index contributed by atoms with van der Waals surface area (Å²) in [5, 5.41) is 5.86. The summed E-state index contributed by atoms with van der Waals surface area (Å²) in [6.07, 6.45) is 9.37. The maximum absolute atomic E-state index is 11.9. The SMILES string of the molecule is O=C(NCc1ccc(CN2CCCC2=O)cc1)NCC1CC=CCC1. The molecule has 1 aromatic rings. The van der Waals surface area contributed by atoms with Crippen LogP contribution in [0.3, 0.4) is 0 Å². The molecule has 1 aliphatic carbocycles. The largest absolute Gasteiger partial charge is 0.338 e. The molecule has 0 spiro atoms. The number of urea groups is 1. The molecule has 5 nitrogen and oxygen atoms in total. The van der Waals surface area contributed by atoms with Crippen molar-refractivity contribution in [3.8, 4) is 0 Å². The summed E-state index contributed by atoms with van der Waals surface area (Å²) < 4.78 is 0. The first-order valence-corrected chi connectivity index (χ1v) is 9.23. The first-order chi connectivity index (χ1) is 12.2. The third-order valence-electron chi connectivity index (χ3n) is 4.95. The summed E-state index contributed by atoms with van der Waals surface area (Å²) in [4.78, 5) is 25.5. The number of nitrogens with zero attached hydrogens (tertiary/aromatic N) is 1. The third-order valence-corrected chi connectivity index (χ3v) is 4.95. The van der Waals surface area contributed by atoms with Gasteiger partial charge in [-0.2, -0.15) is 0 Å². The molecule has 1 unspecified atom stereocenters. The van der Waals surface area contributed by atoms with Gasteiger partial charge in [-0.1, -0.05) is 36.4 Å². The van der Waals surface area contributed by atoms with Gasteiger partial charge in [-0.05, 0) is 42.7 Å². The van der Waals surface area contributed by atoms with Crippen molar-refractivity contribution in [1.82, 2.24) is 15.5 Å². The average Bonchev–Trinajstić information content (AvgIpc) is 3.05. The molecular weight excluding hydrogens is 314 g/mol. The van der Waals surface area contributed by atoms with Crippen molar-refractivity contribution in [3.63, 3.8) is 0 Å². The Balaban J connectivity index is 1.38. The van der Waals surface area contributed by atoms with Crippen molar-refractivity contribution in [2.24, 2.45) is 5.92 Å². The highest BCUT2D eigenvalue weighted by Crippen LogP contribution is 2.17. The number of rotatable bonds is 6. The van der Waals surface area contributed by atoms with Gasteiger partial charge in [0.05, 0.1) is 0 Å². The maximum atomic E-state index is 11.9. The molecule has 3 rings (SSSR count). The van der Waals surface area contributed by atoms with Crippen LogP contribution in [0.1, 0.15) is 43.2 Å². The normalized spacial score (nSPS) is 19.9. The number of carbonyl (C=O) groups excluding carboxylic acids is 2. The number of amides is 3. The molecule has 2 N–H and O–H groups in total. The quantitative estimate of drug-likeness (QED) is 0.782. The molecule has 0 aromatic heterocycles. The number of allylic oxidation sites excluding steroid dienone is 2. The minimum Gasteiger partial charge on any atom is -0.338 e. The van der Waals surface area contributed by atoms with Crippen molar-refractivity contribution in [2.45, 2.75) is 45.2 Å². The zero-order valence-corrected chi connectivity index (χ0v) is 14.7. The molecule has 1 atom stereocenters. The summed E-state index contributed by atoms with van der Waals surface area (Å²) in [5.41, 5.74) is 2.20. The second-order valence-corrected chi connectivity index (χ2v) is 6.95. The minimum absolute atomic E-state index is 0.110. The molecule has 1 fully saturated rings. The molecule has 1 aliphatic heterocycles. The second kappa shape index (κ2) is 8.70. The van der Waals surface area contributed by atoms with Gasteiger partial charge in [-0.3, -0.25) is 4.79 Å². The zero-order chi connectivity index (χ0) is 17.5. The van der Waals surface area contributed by atoms with Crippen molar-refractivity contribution >= 4 is 11.9 Å². The molecule has 0 radical (unpaired) electrons. The maximum Gasteiger partial charge on any atom is 0.315 e. The zero-order valence-electron chi connectivity index (χ0n) is 14.7. The van der Waals surface area contributed by atoms with Crippen LogP contribution in [0.5, 0.6) is 0 Å². The van der Waals surface area contributed by atoms with Gasteiger partial charge in [0.2, 0.25) is 5.91 Å². The van der Waals surface area contributed by atoms with E-state index in [0.717, 1.165) is 49.9 Å². The van der Waals surface area contributed by atoms with Crippen LogP contribution in [-0.2, 0) is 17.9 Å². The molecule has 3 amide bonds. The number of benzene rings is 1. The Labute approximate surface area is 149 Å². The average molecular weight is 341 g/mol. The van der Waals surface area contributed by atoms with E-state index in [0.29, 0.717) is 25.4 Å². The van der Waals surface area contributed by atoms with Crippen molar-refractivity contribution in [3.05, 3.63) is 47.5 Å². The molecule has 1 saturated heterocycles. The van der Waals surface area contributed by atoms with Gasteiger partial charge in [0, 0.05) is 32.6 Å². The van der Waals surface area contributed by atoms with E-state index in [4.69, 9.17) is 0 Å². The fraction of sp³-hybridized carbons (Fsp3) is 0.500. The molecule has 0 saturated carbocycles. The van der Waals surface area contributed by atoms with Crippen LogP contribution in [-0.4, -0.2) is 29.9 Å². The Morgan fingerprint density at radius 1 is 1.12 bits per heavy atom. The van der Waals surface area contributed by atoms with E-state index in [1.807, 2.05) is 29.2 Å². The summed E-state index contributed by atoms with van der Waals surface area (Å²) in [6.45, 7) is 2.79. The standard InChI is InChI=1S/C20H27N3O2/c24-19-7-4-12-23(19)15-18-10-8-17(9-11-18)14-22-20(25)21-13-16-5-2-1-3-6-16/h1-2,8-11,16H,3-7,12-15H2,(H2,21,22,25). The Morgan fingerprint density at radius 3 is 2.60 bits per heavy atom. The fourth-order valence-corrected chi connectivity index (χ4v) is 3.38. The predicted octanol–water partition coefficient (Wildman–Crippen LogP) is 2.96. The Bertz CT molecular complexity index is 624. The summed E-state index contributed by atoms with van der Waals surface area (Å²) in [7, 11) is 0. The molecule has 1 heterocycles. The first-order valence-electron chi connectivity index (χ1n) is 9.23. The summed E-state index contributed by atoms with van der Waals surface area (Å²) in [6, 6.07) is 8.00. The van der Waals surface area contributed by atoms with Crippen LogP contribution in [0, 0.1) is 5.92 Å². The van der Waals surface area contributed by atoms with E-state index in [-0.39, 0.29) is 11.9 Å². The minimum atomic E-state index is -0.110. The van der Waals surface area contributed by atoms with E-state index in [2.05, 4.69) is 22.8 Å². The molecule has 25 heavy (non-hydrogen) atoms. The van der Waals surface area contributed by atoms with E-state index in [9.17, 15) is 9.59 Å². The van der Waals surface area contributed by atoms with Crippen LogP contribution < -0.4 is 10.6 Å². The highest BCUT2D eigenvalue weighted by atomic mass is 16.2. The molecule has 134 valence electrons.